The van der Waals surface area contributed by atoms with Crippen LogP contribution in [0.3, 0.4) is 0 Å². The number of anilines is 2. The molecule has 7 heteroatoms. The molecule has 0 unspecified atom stereocenters. The normalized spacial score (nSPS) is 14.4. The van der Waals surface area contributed by atoms with Crippen LogP contribution in [0.1, 0.15) is 37.5 Å². The minimum atomic E-state index is -4.34. The van der Waals surface area contributed by atoms with E-state index in [2.05, 4.69) is 5.32 Å². The summed E-state index contributed by atoms with van der Waals surface area (Å²) in [6.07, 6.45) is -3.98. The third-order valence-electron chi connectivity index (χ3n) is 4.37. The summed E-state index contributed by atoms with van der Waals surface area (Å²) < 4.78 is 43.4. The topological polar surface area (TPSA) is 41.6 Å². The minimum Gasteiger partial charge on any atom is -0.444 e. The number of rotatable bonds is 2. The highest BCUT2D eigenvalue weighted by molar-refractivity contribution is 5.69. The molecular formula is C21H23F3N2O2. The van der Waals surface area contributed by atoms with Crippen molar-refractivity contribution in [3.8, 4) is 0 Å². The van der Waals surface area contributed by atoms with Gasteiger partial charge in [0.25, 0.3) is 0 Å². The zero-order valence-electron chi connectivity index (χ0n) is 16.1. The van der Waals surface area contributed by atoms with Gasteiger partial charge in [-0.05, 0) is 74.7 Å². The van der Waals surface area contributed by atoms with Gasteiger partial charge in [-0.2, -0.15) is 13.2 Å². The fourth-order valence-corrected chi connectivity index (χ4v) is 3.02. The highest BCUT2D eigenvalue weighted by Gasteiger charge is 2.30. The molecule has 1 amide bonds. The summed E-state index contributed by atoms with van der Waals surface area (Å²) in [7, 11) is 0. The second kappa shape index (κ2) is 7.37. The Bertz CT molecular complexity index is 855. The molecule has 0 aliphatic carbocycles. The van der Waals surface area contributed by atoms with Gasteiger partial charge in [0.2, 0.25) is 0 Å². The zero-order chi connectivity index (χ0) is 20.5. The Morgan fingerprint density at radius 2 is 1.64 bits per heavy atom. The molecular weight excluding hydrogens is 369 g/mol. The molecule has 2 aromatic rings. The number of hydrogen-bond acceptors (Lipinski definition) is 3. The molecule has 1 heterocycles. The number of amides is 1. The van der Waals surface area contributed by atoms with Gasteiger partial charge in [0.05, 0.1) is 5.56 Å². The van der Waals surface area contributed by atoms with E-state index in [0.717, 1.165) is 28.9 Å². The standard InChI is InChI=1S/C21H23F3N2O2/c1-20(2,3)28-19(27)26-11-10-14-12-18(7-4-15(14)13-26)25-17-8-5-16(6-9-17)21(22,23)24/h4-9,12,25H,10-11,13H2,1-3H3. The van der Waals surface area contributed by atoms with Crippen LogP contribution in [0.15, 0.2) is 42.5 Å². The van der Waals surface area contributed by atoms with Crippen LogP contribution in [0, 0.1) is 0 Å². The van der Waals surface area contributed by atoms with Gasteiger partial charge in [-0.3, -0.25) is 0 Å². The fraction of sp³-hybridized carbons (Fsp3) is 0.381. The molecule has 28 heavy (non-hydrogen) atoms. The van der Waals surface area contributed by atoms with E-state index in [4.69, 9.17) is 4.74 Å². The van der Waals surface area contributed by atoms with E-state index < -0.39 is 17.3 Å². The van der Waals surface area contributed by atoms with Crippen molar-refractivity contribution >= 4 is 17.5 Å². The van der Waals surface area contributed by atoms with Gasteiger partial charge in [-0.1, -0.05) is 6.07 Å². The van der Waals surface area contributed by atoms with E-state index in [9.17, 15) is 18.0 Å². The first-order valence-corrected chi connectivity index (χ1v) is 9.05. The number of alkyl halides is 3. The van der Waals surface area contributed by atoms with E-state index in [1.807, 2.05) is 39.0 Å². The zero-order valence-corrected chi connectivity index (χ0v) is 16.1. The molecule has 0 atom stereocenters. The van der Waals surface area contributed by atoms with Gasteiger partial charge in [-0.25, -0.2) is 4.79 Å². The lowest BCUT2D eigenvalue weighted by Crippen LogP contribution is -2.39. The molecule has 0 spiro atoms. The number of hydrogen-bond donors (Lipinski definition) is 1. The van der Waals surface area contributed by atoms with Crippen LogP contribution < -0.4 is 5.32 Å². The van der Waals surface area contributed by atoms with Crippen molar-refractivity contribution in [1.82, 2.24) is 4.90 Å². The number of ether oxygens (including phenoxy) is 1. The van der Waals surface area contributed by atoms with Crippen molar-refractivity contribution in [3.05, 3.63) is 59.2 Å². The molecule has 3 rings (SSSR count). The van der Waals surface area contributed by atoms with Crippen LogP contribution in [-0.2, 0) is 23.9 Å². The second-order valence-corrected chi connectivity index (χ2v) is 7.84. The summed E-state index contributed by atoms with van der Waals surface area (Å²) >= 11 is 0. The van der Waals surface area contributed by atoms with Gasteiger partial charge in [-0.15, -0.1) is 0 Å². The van der Waals surface area contributed by atoms with Crippen LogP contribution in [0.5, 0.6) is 0 Å². The van der Waals surface area contributed by atoms with Crippen molar-refractivity contribution in [3.63, 3.8) is 0 Å². The predicted molar refractivity (Wildman–Crippen MR) is 102 cm³/mol. The highest BCUT2D eigenvalue weighted by atomic mass is 19.4. The Morgan fingerprint density at radius 1 is 1.00 bits per heavy atom. The third kappa shape index (κ3) is 4.97. The first kappa shape index (κ1) is 20.0. The first-order valence-electron chi connectivity index (χ1n) is 9.05. The Hall–Kier alpha value is -2.70. The molecule has 0 saturated carbocycles. The van der Waals surface area contributed by atoms with Crippen LogP contribution in [0.2, 0.25) is 0 Å². The van der Waals surface area contributed by atoms with E-state index in [1.165, 1.54) is 12.1 Å². The molecule has 4 nitrogen and oxygen atoms in total. The number of benzene rings is 2. The van der Waals surface area contributed by atoms with Crippen molar-refractivity contribution in [2.45, 2.75) is 45.5 Å². The summed E-state index contributed by atoms with van der Waals surface area (Å²) in [6.45, 7) is 6.54. The van der Waals surface area contributed by atoms with Crippen LogP contribution in [0.4, 0.5) is 29.3 Å². The van der Waals surface area contributed by atoms with E-state index >= 15 is 0 Å². The molecule has 0 fully saturated rings. The maximum atomic E-state index is 12.7. The number of carbonyl (C=O) groups is 1. The summed E-state index contributed by atoms with van der Waals surface area (Å²) in [6, 6.07) is 10.7. The molecule has 0 saturated heterocycles. The number of fused-ring (bicyclic) bond motifs is 1. The molecule has 1 aliphatic rings. The lowest BCUT2D eigenvalue weighted by Gasteiger charge is -2.31. The molecule has 150 valence electrons. The summed E-state index contributed by atoms with van der Waals surface area (Å²) in [5.41, 5.74) is 2.31. The average molecular weight is 392 g/mol. The number of nitrogens with zero attached hydrogens (tertiary/aromatic N) is 1. The number of nitrogens with one attached hydrogen (secondary N) is 1. The molecule has 1 N–H and O–H groups in total. The molecule has 2 aromatic carbocycles. The van der Waals surface area contributed by atoms with Crippen LogP contribution in [-0.4, -0.2) is 23.1 Å². The SMILES string of the molecule is CC(C)(C)OC(=O)N1CCc2cc(Nc3ccc(C(F)(F)F)cc3)ccc2C1. The van der Waals surface area contributed by atoms with Gasteiger partial charge in [0.1, 0.15) is 5.60 Å². The van der Waals surface area contributed by atoms with E-state index in [0.29, 0.717) is 25.2 Å². The van der Waals surface area contributed by atoms with Crippen molar-refractivity contribution in [2.24, 2.45) is 0 Å². The molecule has 0 aromatic heterocycles. The summed E-state index contributed by atoms with van der Waals surface area (Å²) in [5, 5.41) is 3.13. The smallest absolute Gasteiger partial charge is 0.416 e. The second-order valence-electron chi connectivity index (χ2n) is 7.84. The maximum Gasteiger partial charge on any atom is 0.416 e. The molecule has 1 aliphatic heterocycles. The lowest BCUT2D eigenvalue weighted by molar-refractivity contribution is -0.137. The quantitative estimate of drug-likeness (QED) is 0.708. The minimum absolute atomic E-state index is 0.329. The Morgan fingerprint density at radius 3 is 2.25 bits per heavy atom. The summed E-state index contributed by atoms with van der Waals surface area (Å²) in [5.74, 6) is 0. The Kier molecular flexibility index (Phi) is 5.28. The van der Waals surface area contributed by atoms with Crippen molar-refractivity contribution < 1.29 is 22.7 Å². The Balaban J connectivity index is 1.67. The molecule has 0 radical (unpaired) electrons. The Labute approximate surface area is 162 Å². The first-order chi connectivity index (χ1) is 13.0. The lowest BCUT2D eigenvalue weighted by atomic mass is 9.99. The third-order valence-corrected chi connectivity index (χ3v) is 4.37. The van der Waals surface area contributed by atoms with Crippen molar-refractivity contribution in [2.75, 3.05) is 11.9 Å². The van der Waals surface area contributed by atoms with Crippen LogP contribution in [0.25, 0.3) is 0 Å². The average Bonchev–Trinajstić information content (AvgIpc) is 2.59. The summed E-state index contributed by atoms with van der Waals surface area (Å²) in [4.78, 5) is 13.9. The largest absolute Gasteiger partial charge is 0.444 e. The molecule has 0 bridgehead atoms. The van der Waals surface area contributed by atoms with E-state index in [-0.39, 0.29) is 6.09 Å². The number of carbonyl (C=O) groups excluding carboxylic acids is 1. The van der Waals surface area contributed by atoms with Gasteiger partial charge in [0, 0.05) is 24.5 Å². The number of halogens is 3. The van der Waals surface area contributed by atoms with Gasteiger partial charge >= 0.3 is 12.3 Å². The predicted octanol–water partition coefficient (Wildman–Crippen LogP) is 5.74. The van der Waals surface area contributed by atoms with Crippen molar-refractivity contribution in [1.29, 1.82) is 0 Å². The van der Waals surface area contributed by atoms with E-state index in [1.54, 1.807) is 4.90 Å². The van der Waals surface area contributed by atoms with Gasteiger partial charge in [0.15, 0.2) is 0 Å². The monoisotopic (exact) mass is 392 g/mol. The van der Waals surface area contributed by atoms with Gasteiger partial charge < -0.3 is 15.0 Å². The highest BCUT2D eigenvalue weighted by Crippen LogP contribution is 2.31. The fourth-order valence-electron chi connectivity index (χ4n) is 3.02. The maximum absolute atomic E-state index is 12.7. The van der Waals surface area contributed by atoms with Crippen LogP contribution >= 0.6 is 0 Å².